The van der Waals surface area contributed by atoms with Crippen molar-refractivity contribution < 1.29 is 10.2 Å². The molecule has 2 nitrogen and oxygen atoms in total. The molecule has 0 aromatic heterocycles. The van der Waals surface area contributed by atoms with Crippen molar-refractivity contribution in [3.05, 3.63) is 72.3 Å². The van der Waals surface area contributed by atoms with Crippen LogP contribution in [0.25, 0.3) is 32.3 Å². The summed E-state index contributed by atoms with van der Waals surface area (Å²) in [5.74, 6) is 0. The lowest BCUT2D eigenvalue weighted by Crippen LogP contribution is -1.96. The molecule has 0 bridgehead atoms. The second kappa shape index (κ2) is 4.55. The third-order valence-corrected chi connectivity index (χ3v) is 4.04. The van der Waals surface area contributed by atoms with Crippen molar-refractivity contribution in [3.63, 3.8) is 0 Å². The van der Waals surface area contributed by atoms with Crippen LogP contribution in [0.5, 0.6) is 0 Å². The number of aliphatic hydroxyl groups is 2. The molecule has 0 aliphatic carbocycles. The maximum atomic E-state index is 9.65. The van der Waals surface area contributed by atoms with Gasteiger partial charge in [0, 0.05) is 5.56 Å². The number of aliphatic hydroxyl groups excluding tert-OH is 1. The highest BCUT2D eigenvalue weighted by molar-refractivity contribution is 6.13. The van der Waals surface area contributed by atoms with Crippen LogP contribution in [-0.2, 0) is 0 Å². The van der Waals surface area contributed by atoms with E-state index in [0.717, 1.165) is 26.9 Å². The molecule has 0 radical (unpaired) electrons. The van der Waals surface area contributed by atoms with Crippen LogP contribution in [0, 0.1) is 0 Å². The lowest BCUT2D eigenvalue weighted by molar-refractivity contribution is -0.0412. The van der Waals surface area contributed by atoms with E-state index in [1.54, 1.807) is 6.07 Å². The van der Waals surface area contributed by atoms with E-state index < -0.39 is 6.29 Å². The molecule has 0 unspecified atom stereocenters. The van der Waals surface area contributed by atoms with Crippen molar-refractivity contribution in [2.24, 2.45) is 0 Å². The highest BCUT2D eigenvalue weighted by Gasteiger charge is 2.11. The Morgan fingerprint density at radius 1 is 0.619 bits per heavy atom. The summed E-state index contributed by atoms with van der Waals surface area (Å²) in [6, 6.07) is 22.2. The van der Waals surface area contributed by atoms with Gasteiger partial charge in [0.2, 0.25) is 0 Å². The molecule has 0 aliphatic rings. The predicted molar refractivity (Wildman–Crippen MR) is 86.1 cm³/mol. The molecule has 0 amide bonds. The second-order valence-corrected chi connectivity index (χ2v) is 5.31. The van der Waals surface area contributed by atoms with E-state index in [0.29, 0.717) is 5.56 Å². The molecule has 0 spiro atoms. The molecule has 0 saturated carbocycles. The van der Waals surface area contributed by atoms with Crippen LogP contribution in [-0.4, -0.2) is 10.2 Å². The molecule has 4 rings (SSSR count). The molecule has 4 aromatic rings. The summed E-state index contributed by atoms with van der Waals surface area (Å²) in [6.45, 7) is 0. The van der Waals surface area contributed by atoms with Crippen molar-refractivity contribution in [1.82, 2.24) is 0 Å². The number of fused-ring (bicyclic) bond motifs is 4. The van der Waals surface area contributed by atoms with Crippen LogP contribution >= 0.6 is 0 Å². The quantitative estimate of drug-likeness (QED) is 0.311. The average molecular weight is 274 g/mol. The van der Waals surface area contributed by atoms with E-state index >= 15 is 0 Å². The fourth-order valence-electron chi connectivity index (χ4n) is 3.05. The van der Waals surface area contributed by atoms with Gasteiger partial charge in [-0.25, -0.2) is 0 Å². The summed E-state index contributed by atoms with van der Waals surface area (Å²) in [6.07, 6.45) is -1.47. The first-order valence-corrected chi connectivity index (χ1v) is 6.94. The van der Waals surface area contributed by atoms with Gasteiger partial charge in [0.25, 0.3) is 0 Å². The second-order valence-electron chi connectivity index (χ2n) is 5.31. The van der Waals surface area contributed by atoms with Crippen molar-refractivity contribution in [3.8, 4) is 0 Å². The summed E-state index contributed by atoms with van der Waals surface area (Å²) in [5.41, 5.74) is 0.549. The first-order valence-electron chi connectivity index (χ1n) is 6.94. The monoisotopic (exact) mass is 274 g/mol. The Bertz CT molecular complexity index is 971. The Morgan fingerprint density at radius 2 is 1.29 bits per heavy atom. The molecule has 4 aromatic carbocycles. The Labute approximate surface area is 121 Å². The highest BCUT2D eigenvalue weighted by Crippen LogP contribution is 2.33. The smallest absolute Gasteiger partial charge is 0.179 e. The molecule has 2 heteroatoms. The standard InChI is InChI=1S/C19H14O2/c20-19(21)16-7-3-6-12-8-9-15-10-13-4-1-2-5-14(13)11-17(15)18(12)16/h1-11,19-21H. The Balaban J connectivity index is 2.24. The number of hydrogen-bond donors (Lipinski definition) is 2. The molecule has 102 valence electrons. The van der Waals surface area contributed by atoms with Gasteiger partial charge < -0.3 is 10.2 Å². The molecule has 0 heterocycles. The van der Waals surface area contributed by atoms with Gasteiger partial charge in [0.05, 0.1) is 0 Å². The maximum Gasteiger partial charge on any atom is 0.179 e. The van der Waals surface area contributed by atoms with Gasteiger partial charge >= 0.3 is 0 Å². The van der Waals surface area contributed by atoms with Crippen LogP contribution < -0.4 is 0 Å². The van der Waals surface area contributed by atoms with Gasteiger partial charge in [-0.3, -0.25) is 0 Å². The van der Waals surface area contributed by atoms with Crippen molar-refractivity contribution >= 4 is 32.3 Å². The zero-order chi connectivity index (χ0) is 14.4. The van der Waals surface area contributed by atoms with E-state index in [1.807, 2.05) is 30.3 Å². The average Bonchev–Trinajstić information content (AvgIpc) is 2.52. The Kier molecular flexibility index (Phi) is 2.67. The maximum absolute atomic E-state index is 9.65. The predicted octanol–water partition coefficient (Wildman–Crippen LogP) is 4.13. The number of benzene rings is 4. The summed E-state index contributed by atoms with van der Waals surface area (Å²) in [4.78, 5) is 0. The largest absolute Gasteiger partial charge is 0.364 e. The molecular weight excluding hydrogens is 260 g/mol. The van der Waals surface area contributed by atoms with Crippen molar-refractivity contribution in [1.29, 1.82) is 0 Å². The molecule has 2 N–H and O–H groups in total. The van der Waals surface area contributed by atoms with E-state index in [1.165, 1.54) is 5.39 Å². The van der Waals surface area contributed by atoms with Gasteiger partial charge in [-0.15, -0.1) is 0 Å². The number of hydrogen-bond acceptors (Lipinski definition) is 2. The molecule has 0 atom stereocenters. The van der Waals surface area contributed by atoms with Gasteiger partial charge in [0.15, 0.2) is 6.29 Å². The SMILES string of the molecule is OC(O)c1cccc2ccc3cc4ccccc4cc3c12. The molecular formula is C19H14O2. The van der Waals surface area contributed by atoms with E-state index in [-0.39, 0.29) is 0 Å². The molecule has 0 aliphatic heterocycles. The van der Waals surface area contributed by atoms with Crippen LogP contribution in [0.2, 0.25) is 0 Å². The zero-order valence-corrected chi connectivity index (χ0v) is 11.3. The lowest BCUT2D eigenvalue weighted by Gasteiger charge is -2.12. The van der Waals surface area contributed by atoms with E-state index in [4.69, 9.17) is 0 Å². The van der Waals surface area contributed by atoms with Crippen LogP contribution in [0.15, 0.2) is 66.7 Å². The van der Waals surface area contributed by atoms with Crippen molar-refractivity contribution in [2.75, 3.05) is 0 Å². The van der Waals surface area contributed by atoms with E-state index in [9.17, 15) is 10.2 Å². The molecule has 0 saturated heterocycles. The van der Waals surface area contributed by atoms with E-state index in [2.05, 4.69) is 30.3 Å². The molecule has 21 heavy (non-hydrogen) atoms. The van der Waals surface area contributed by atoms with Crippen molar-refractivity contribution in [2.45, 2.75) is 6.29 Å². The fourth-order valence-corrected chi connectivity index (χ4v) is 3.05. The Hall–Kier alpha value is -2.42. The van der Waals surface area contributed by atoms with Gasteiger partial charge in [-0.05, 0) is 44.5 Å². The minimum atomic E-state index is -1.47. The van der Waals surface area contributed by atoms with Crippen LogP contribution in [0.3, 0.4) is 0 Å². The highest BCUT2D eigenvalue weighted by atomic mass is 16.5. The summed E-state index contributed by atoms with van der Waals surface area (Å²) < 4.78 is 0. The summed E-state index contributed by atoms with van der Waals surface area (Å²) in [7, 11) is 0. The van der Waals surface area contributed by atoms with Gasteiger partial charge in [-0.2, -0.15) is 0 Å². The first-order chi connectivity index (χ1) is 10.2. The van der Waals surface area contributed by atoms with Gasteiger partial charge in [-0.1, -0.05) is 54.6 Å². The first kappa shape index (κ1) is 12.3. The summed E-state index contributed by atoms with van der Waals surface area (Å²) >= 11 is 0. The third kappa shape index (κ3) is 1.88. The third-order valence-electron chi connectivity index (χ3n) is 4.04. The Morgan fingerprint density at radius 3 is 2.05 bits per heavy atom. The fraction of sp³-hybridized carbons (Fsp3) is 0.0526. The zero-order valence-electron chi connectivity index (χ0n) is 11.3. The normalized spacial score (nSPS) is 11.8. The minimum Gasteiger partial charge on any atom is -0.364 e. The van der Waals surface area contributed by atoms with Crippen LogP contribution in [0.1, 0.15) is 11.9 Å². The number of rotatable bonds is 1. The topological polar surface area (TPSA) is 40.5 Å². The van der Waals surface area contributed by atoms with Gasteiger partial charge in [0.1, 0.15) is 0 Å². The van der Waals surface area contributed by atoms with Crippen LogP contribution in [0.4, 0.5) is 0 Å². The lowest BCUT2D eigenvalue weighted by atomic mass is 9.95. The minimum absolute atomic E-state index is 0.549. The molecule has 0 fully saturated rings. The summed E-state index contributed by atoms with van der Waals surface area (Å²) in [5, 5.41) is 25.7.